The molecule has 0 heterocycles. The molecule has 0 N–H and O–H groups in total. The van der Waals surface area contributed by atoms with Crippen molar-refractivity contribution in [2.75, 3.05) is 0 Å². The fourth-order valence-electron chi connectivity index (χ4n) is 5.29. The van der Waals surface area contributed by atoms with E-state index in [9.17, 15) is 0 Å². The van der Waals surface area contributed by atoms with Crippen LogP contribution in [0.4, 0.5) is 0 Å². The molecule has 0 saturated carbocycles. The van der Waals surface area contributed by atoms with Crippen molar-refractivity contribution in [1.29, 1.82) is 0 Å². The van der Waals surface area contributed by atoms with Crippen molar-refractivity contribution >= 4 is 5.57 Å². The molecule has 5 aromatic carbocycles. The van der Waals surface area contributed by atoms with Crippen LogP contribution >= 0.6 is 0 Å². The molecule has 0 aromatic heterocycles. The molecule has 1 atom stereocenters. The molecule has 0 heteroatoms. The quantitative estimate of drug-likeness (QED) is 0.223. The standard InChI is InChI=1S/C38H32/c1-28(29-12-16-35(17-13-29)37-24-20-33(21-25-37)31-8-4-2-5-9-31)30-14-18-36(19-15-30)38-26-22-34(23-27-38)32-10-6-3-7-11-32/h2,4-6,8-28H,3,7H2,1H3. The van der Waals surface area contributed by atoms with E-state index in [2.05, 4.69) is 153 Å². The van der Waals surface area contributed by atoms with Crippen LogP contribution in [-0.4, -0.2) is 0 Å². The molecule has 0 fully saturated rings. The third kappa shape index (κ3) is 5.17. The molecule has 5 aromatic rings. The molecular formula is C38H32. The zero-order chi connectivity index (χ0) is 25.7. The van der Waals surface area contributed by atoms with E-state index in [0.29, 0.717) is 5.92 Å². The molecule has 184 valence electrons. The summed E-state index contributed by atoms with van der Waals surface area (Å²) in [7, 11) is 0. The lowest BCUT2D eigenvalue weighted by Gasteiger charge is -2.14. The van der Waals surface area contributed by atoms with Gasteiger partial charge in [0.15, 0.2) is 0 Å². The van der Waals surface area contributed by atoms with Crippen molar-refractivity contribution in [3.63, 3.8) is 0 Å². The second kappa shape index (κ2) is 10.9. The lowest BCUT2D eigenvalue weighted by atomic mass is 9.90. The number of benzene rings is 5. The van der Waals surface area contributed by atoms with Gasteiger partial charge < -0.3 is 0 Å². The van der Waals surface area contributed by atoms with E-state index >= 15 is 0 Å². The lowest BCUT2D eigenvalue weighted by molar-refractivity contribution is 0.923. The molecule has 1 aliphatic rings. The van der Waals surface area contributed by atoms with Crippen LogP contribution < -0.4 is 0 Å². The van der Waals surface area contributed by atoms with Crippen LogP contribution in [0.3, 0.4) is 0 Å². The molecule has 0 aliphatic heterocycles. The van der Waals surface area contributed by atoms with Gasteiger partial charge in [0.05, 0.1) is 0 Å². The summed E-state index contributed by atoms with van der Waals surface area (Å²) in [6.07, 6.45) is 9.12. The summed E-state index contributed by atoms with van der Waals surface area (Å²) in [5, 5.41) is 0. The SMILES string of the molecule is CC(c1ccc(-c2ccc(C3=CCCC=C3)cc2)cc1)c1ccc(-c2ccc(-c3ccccc3)cc2)cc1. The maximum Gasteiger partial charge on any atom is 0.00610 e. The van der Waals surface area contributed by atoms with Crippen LogP contribution in [0.25, 0.3) is 39.0 Å². The van der Waals surface area contributed by atoms with Crippen molar-refractivity contribution in [3.8, 4) is 33.4 Å². The van der Waals surface area contributed by atoms with E-state index in [1.54, 1.807) is 0 Å². The van der Waals surface area contributed by atoms with E-state index < -0.39 is 0 Å². The third-order valence-corrected chi connectivity index (χ3v) is 7.69. The molecule has 0 nitrogen and oxygen atoms in total. The smallest absolute Gasteiger partial charge is 0.00610 e. The Kier molecular flexibility index (Phi) is 6.87. The van der Waals surface area contributed by atoms with Gasteiger partial charge in [0, 0.05) is 5.92 Å². The van der Waals surface area contributed by atoms with Gasteiger partial charge in [-0.3, -0.25) is 0 Å². The number of hydrogen-bond donors (Lipinski definition) is 0. The summed E-state index contributed by atoms with van der Waals surface area (Å²) in [4.78, 5) is 0. The first-order chi connectivity index (χ1) is 18.7. The molecule has 0 saturated heterocycles. The van der Waals surface area contributed by atoms with Crippen molar-refractivity contribution in [1.82, 2.24) is 0 Å². The predicted molar refractivity (Wildman–Crippen MR) is 163 cm³/mol. The summed E-state index contributed by atoms with van der Waals surface area (Å²) in [6.45, 7) is 2.29. The van der Waals surface area contributed by atoms with Gasteiger partial charge in [-0.05, 0) is 68.5 Å². The Hall–Kier alpha value is -4.42. The largest absolute Gasteiger partial charge is 0.0836 e. The topological polar surface area (TPSA) is 0 Å². The van der Waals surface area contributed by atoms with E-state index in [-0.39, 0.29) is 0 Å². The lowest BCUT2D eigenvalue weighted by Crippen LogP contribution is -1.96. The molecule has 38 heavy (non-hydrogen) atoms. The van der Waals surface area contributed by atoms with E-state index in [1.807, 2.05) is 0 Å². The van der Waals surface area contributed by atoms with Gasteiger partial charge in [-0.25, -0.2) is 0 Å². The summed E-state index contributed by atoms with van der Waals surface area (Å²) in [5.41, 5.74) is 12.8. The minimum Gasteiger partial charge on any atom is -0.0836 e. The van der Waals surface area contributed by atoms with Gasteiger partial charge in [0.25, 0.3) is 0 Å². The average molecular weight is 489 g/mol. The first kappa shape index (κ1) is 23.9. The highest BCUT2D eigenvalue weighted by Crippen LogP contribution is 2.31. The van der Waals surface area contributed by atoms with Crippen molar-refractivity contribution in [3.05, 3.63) is 162 Å². The fourth-order valence-corrected chi connectivity index (χ4v) is 5.29. The Balaban J connectivity index is 1.14. The van der Waals surface area contributed by atoms with Crippen molar-refractivity contribution in [2.24, 2.45) is 0 Å². The van der Waals surface area contributed by atoms with Gasteiger partial charge >= 0.3 is 0 Å². The van der Waals surface area contributed by atoms with E-state index in [1.165, 1.54) is 55.6 Å². The molecule has 0 spiro atoms. The van der Waals surface area contributed by atoms with Gasteiger partial charge in [-0.2, -0.15) is 0 Å². The molecule has 1 unspecified atom stereocenters. The Labute approximate surface area is 226 Å². The number of rotatable bonds is 6. The number of hydrogen-bond acceptors (Lipinski definition) is 0. The Bertz CT molecular complexity index is 1550. The van der Waals surface area contributed by atoms with Gasteiger partial charge in [-0.1, -0.05) is 153 Å². The summed E-state index contributed by atoms with van der Waals surface area (Å²) in [5.74, 6) is 0.339. The molecule has 0 radical (unpaired) electrons. The van der Waals surface area contributed by atoms with Gasteiger partial charge in [-0.15, -0.1) is 0 Å². The second-order valence-electron chi connectivity index (χ2n) is 10.1. The average Bonchev–Trinajstić information content (AvgIpc) is 3.02. The maximum absolute atomic E-state index is 2.33. The summed E-state index contributed by atoms with van der Waals surface area (Å²) in [6, 6.07) is 46.4. The minimum absolute atomic E-state index is 0.339. The first-order valence-corrected chi connectivity index (χ1v) is 13.6. The van der Waals surface area contributed by atoms with Crippen molar-refractivity contribution in [2.45, 2.75) is 25.7 Å². The van der Waals surface area contributed by atoms with Crippen LogP contribution in [0.15, 0.2) is 146 Å². The highest BCUT2D eigenvalue weighted by atomic mass is 14.1. The van der Waals surface area contributed by atoms with E-state index in [0.717, 1.165) is 12.8 Å². The molecule has 0 bridgehead atoms. The van der Waals surface area contributed by atoms with Crippen LogP contribution in [0, 0.1) is 0 Å². The Morgan fingerprint density at radius 3 is 1.24 bits per heavy atom. The Morgan fingerprint density at radius 1 is 0.421 bits per heavy atom. The first-order valence-electron chi connectivity index (χ1n) is 13.6. The zero-order valence-electron chi connectivity index (χ0n) is 21.8. The highest BCUT2D eigenvalue weighted by molar-refractivity contribution is 5.77. The molecule has 1 aliphatic carbocycles. The minimum atomic E-state index is 0.339. The summed E-state index contributed by atoms with van der Waals surface area (Å²) < 4.78 is 0. The van der Waals surface area contributed by atoms with Crippen LogP contribution in [-0.2, 0) is 0 Å². The third-order valence-electron chi connectivity index (χ3n) is 7.69. The number of allylic oxidation sites excluding steroid dienone is 4. The molecule has 0 amide bonds. The van der Waals surface area contributed by atoms with Crippen LogP contribution in [0.1, 0.15) is 42.4 Å². The normalized spacial score (nSPS) is 13.7. The van der Waals surface area contributed by atoms with Gasteiger partial charge in [0.2, 0.25) is 0 Å². The van der Waals surface area contributed by atoms with Crippen LogP contribution in [0.2, 0.25) is 0 Å². The molecular weight excluding hydrogens is 456 g/mol. The van der Waals surface area contributed by atoms with E-state index in [4.69, 9.17) is 0 Å². The Morgan fingerprint density at radius 2 is 0.816 bits per heavy atom. The predicted octanol–water partition coefficient (Wildman–Crippen LogP) is 10.6. The highest BCUT2D eigenvalue weighted by Gasteiger charge is 2.10. The second-order valence-corrected chi connectivity index (χ2v) is 10.1. The monoisotopic (exact) mass is 488 g/mol. The molecule has 6 rings (SSSR count). The maximum atomic E-state index is 2.33. The summed E-state index contributed by atoms with van der Waals surface area (Å²) >= 11 is 0. The van der Waals surface area contributed by atoms with Crippen LogP contribution in [0.5, 0.6) is 0 Å². The zero-order valence-corrected chi connectivity index (χ0v) is 21.8. The fraction of sp³-hybridized carbons (Fsp3) is 0.105. The van der Waals surface area contributed by atoms with Gasteiger partial charge in [0.1, 0.15) is 0 Å². The van der Waals surface area contributed by atoms with Crippen molar-refractivity contribution < 1.29 is 0 Å².